The second-order valence-electron chi connectivity index (χ2n) is 6.71. The standard InChI is InChI=1S/C20H27N5O2/c1-24(2)18-5-3-16(4-6-18)23-17-7-8-21-19(15-17)20(26)22-9-10-25-11-13-27-14-12-25/h3-8,15H,9-14H2,1-2H3,(H,21,23)(H,22,26). The number of morpholine rings is 1. The summed E-state index contributed by atoms with van der Waals surface area (Å²) in [5.74, 6) is -0.158. The number of benzene rings is 1. The first-order valence-electron chi connectivity index (χ1n) is 9.20. The molecule has 0 unspecified atom stereocenters. The van der Waals surface area contributed by atoms with Crippen LogP contribution in [0.4, 0.5) is 17.1 Å². The number of pyridine rings is 1. The van der Waals surface area contributed by atoms with Crippen LogP contribution in [-0.4, -0.2) is 69.3 Å². The predicted molar refractivity (Wildman–Crippen MR) is 108 cm³/mol. The Morgan fingerprint density at radius 1 is 1.15 bits per heavy atom. The van der Waals surface area contributed by atoms with Crippen molar-refractivity contribution in [3.8, 4) is 0 Å². The SMILES string of the molecule is CN(C)c1ccc(Nc2ccnc(C(=O)NCCN3CCOCC3)c2)cc1. The first-order chi connectivity index (χ1) is 13.1. The Hall–Kier alpha value is -2.64. The molecule has 0 radical (unpaired) electrons. The third-order valence-electron chi connectivity index (χ3n) is 4.48. The van der Waals surface area contributed by atoms with Crippen LogP contribution in [0, 0.1) is 0 Å². The maximum Gasteiger partial charge on any atom is 0.269 e. The highest BCUT2D eigenvalue weighted by atomic mass is 16.5. The molecule has 2 N–H and O–H groups in total. The van der Waals surface area contributed by atoms with E-state index in [1.165, 1.54) is 0 Å². The molecule has 2 heterocycles. The van der Waals surface area contributed by atoms with Gasteiger partial charge in [-0.15, -0.1) is 0 Å². The van der Waals surface area contributed by atoms with Crippen molar-refractivity contribution in [3.05, 3.63) is 48.3 Å². The molecule has 1 aliphatic heterocycles. The van der Waals surface area contributed by atoms with Crippen molar-refractivity contribution in [2.45, 2.75) is 0 Å². The van der Waals surface area contributed by atoms with Gasteiger partial charge in [0.25, 0.3) is 5.91 Å². The average molecular weight is 369 g/mol. The molecule has 144 valence electrons. The van der Waals surface area contributed by atoms with E-state index in [-0.39, 0.29) is 5.91 Å². The van der Waals surface area contributed by atoms with Crippen molar-refractivity contribution in [1.29, 1.82) is 0 Å². The lowest BCUT2D eigenvalue weighted by atomic mass is 10.2. The summed E-state index contributed by atoms with van der Waals surface area (Å²) in [4.78, 5) is 20.9. The molecule has 0 saturated carbocycles. The molecule has 0 atom stereocenters. The van der Waals surface area contributed by atoms with E-state index < -0.39 is 0 Å². The van der Waals surface area contributed by atoms with Crippen LogP contribution in [-0.2, 0) is 4.74 Å². The Kier molecular flexibility index (Phi) is 6.62. The second-order valence-corrected chi connectivity index (χ2v) is 6.71. The lowest BCUT2D eigenvalue weighted by Gasteiger charge is -2.26. The summed E-state index contributed by atoms with van der Waals surface area (Å²) in [5.41, 5.74) is 3.34. The van der Waals surface area contributed by atoms with Gasteiger partial charge in [-0.2, -0.15) is 0 Å². The largest absolute Gasteiger partial charge is 0.379 e. The fraction of sp³-hybridized carbons (Fsp3) is 0.400. The first-order valence-corrected chi connectivity index (χ1v) is 9.20. The van der Waals surface area contributed by atoms with E-state index >= 15 is 0 Å². The fourth-order valence-corrected chi connectivity index (χ4v) is 2.88. The lowest BCUT2D eigenvalue weighted by molar-refractivity contribution is 0.0383. The molecule has 3 rings (SSSR count). The minimum Gasteiger partial charge on any atom is -0.379 e. The molecule has 0 bridgehead atoms. The van der Waals surface area contributed by atoms with E-state index in [1.807, 2.05) is 44.4 Å². The monoisotopic (exact) mass is 369 g/mol. The molecular weight excluding hydrogens is 342 g/mol. The highest BCUT2D eigenvalue weighted by Crippen LogP contribution is 2.20. The van der Waals surface area contributed by atoms with Crippen molar-refractivity contribution in [2.24, 2.45) is 0 Å². The molecule has 2 aromatic rings. The highest BCUT2D eigenvalue weighted by molar-refractivity contribution is 5.93. The Morgan fingerprint density at radius 2 is 1.89 bits per heavy atom. The van der Waals surface area contributed by atoms with Gasteiger partial charge < -0.3 is 20.3 Å². The number of ether oxygens (including phenoxy) is 1. The highest BCUT2D eigenvalue weighted by Gasteiger charge is 2.12. The zero-order valence-electron chi connectivity index (χ0n) is 15.9. The average Bonchev–Trinajstić information content (AvgIpc) is 2.69. The predicted octanol–water partition coefficient (Wildman–Crippen LogP) is 1.95. The zero-order chi connectivity index (χ0) is 19.1. The second kappa shape index (κ2) is 9.34. The molecule has 1 saturated heterocycles. The number of nitrogens with one attached hydrogen (secondary N) is 2. The molecule has 1 amide bonds. The van der Waals surface area contributed by atoms with Gasteiger partial charge in [0.15, 0.2) is 0 Å². The summed E-state index contributed by atoms with van der Waals surface area (Å²) in [6.45, 7) is 4.78. The molecule has 27 heavy (non-hydrogen) atoms. The van der Waals surface area contributed by atoms with E-state index in [0.29, 0.717) is 12.2 Å². The Bertz CT molecular complexity index is 742. The van der Waals surface area contributed by atoms with Crippen molar-refractivity contribution < 1.29 is 9.53 Å². The number of rotatable bonds is 7. The number of hydrogen-bond donors (Lipinski definition) is 2. The van der Waals surface area contributed by atoms with Gasteiger partial charge in [0, 0.05) is 63.5 Å². The van der Waals surface area contributed by atoms with Crippen LogP contribution in [0.2, 0.25) is 0 Å². The zero-order valence-corrected chi connectivity index (χ0v) is 15.9. The first kappa shape index (κ1) is 19.1. The topological polar surface area (TPSA) is 69.7 Å². The van der Waals surface area contributed by atoms with Crippen molar-refractivity contribution in [3.63, 3.8) is 0 Å². The molecule has 1 fully saturated rings. The van der Waals surface area contributed by atoms with Crippen molar-refractivity contribution in [2.75, 3.05) is 63.7 Å². The molecule has 0 aliphatic carbocycles. The quantitative estimate of drug-likeness (QED) is 0.778. The summed E-state index contributed by atoms with van der Waals surface area (Å²) in [6.07, 6.45) is 1.65. The van der Waals surface area contributed by atoms with Crippen LogP contribution < -0.4 is 15.5 Å². The maximum atomic E-state index is 12.4. The van der Waals surface area contributed by atoms with E-state index in [0.717, 1.165) is 49.9 Å². The van der Waals surface area contributed by atoms with Crippen LogP contribution in [0.3, 0.4) is 0 Å². The van der Waals surface area contributed by atoms with E-state index in [9.17, 15) is 4.79 Å². The molecule has 1 aromatic carbocycles. The summed E-state index contributed by atoms with van der Waals surface area (Å²) in [7, 11) is 4.02. The number of nitrogens with zero attached hydrogens (tertiary/aromatic N) is 3. The van der Waals surface area contributed by atoms with Crippen LogP contribution in [0.15, 0.2) is 42.6 Å². The Balaban J connectivity index is 1.53. The van der Waals surface area contributed by atoms with Gasteiger partial charge in [0.05, 0.1) is 13.2 Å². The summed E-state index contributed by atoms with van der Waals surface area (Å²) in [5, 5.41) is 6.25. The summed E-state index contributed by atoms with van der Waals surface area (Å²) in [6, 6.07) is 11.7. The van der Waals surface area contributed by atoms with Crippen LogP contribution >= 0.6 is 0 Å². The summed E-state index contributed by atoms with van der Waals surface area (Å²) < 4.78 is 5.33. The third-order valence-corrected chi connectivity index (χ3v) is 4.48. The molecule has 7 heteroatoms. The minimum absolute atomic E-state index is 0.158. The van der Waals surface area contributed by atoms with Gasteiger partial charge in [0.1, 0.15) is 5.69 Å². The minimum atomic E-state index is -0.158. The van der Waals surface area contributed by atoms with Gasteiger partial charge in [0.2, 0.25) is 0 Å². The summed E-state index contributed by atoms with van der Waals surface area (Å²) >= 11 is 0. The molecule has 7 nitrogen and oxygen atoms in total. The maximum absolute atomic E-state index is 12.4. The van der Waals surface area contributed by atoms with Gasteiger partial charge in [-0.3, -0.25) is 14.7 Å². The molecule has 1 aromatic heterocycles. The van der Waals surface area contributed by atoms with Gasteiger partial charge in [-0.1, -0.05) is 0 Å². The number of aromatic nitrogens is 1. The number of hydrogen-bond acceptors (Lipinski definition) is 6. The Morgan fingerprint density at radius 3 is 2.59 bits per heavy atom. The lowest BCUT2D eigenvalue weighted by Crippen LogP contribution is -2.41. The number of amides is 1. The molecule has 1 aliphatic rings. The van der Waals surface area contributed by atoms with Gasteiger partial charge in [-0.05, 0) is 36.4 Å². The van der Waals surface area contributed by atoms with Crippen molar-refractivity contribution in [1.82, 2.24) is 15.2 Å². The number of anilines is 3. The van der Waals surface area contributed by atoms with Crippen molar-refractivity contribution >= 4 is 23.0 Å². The van der Waals surface area contributed by atoms with Gasteiger partial charge >= 0.3 is 0 Å². The van der Waals surface area contributed by atoms with Crippen LogP contribution in [0.5, 0.6) is 0 Å². The molecule has 0 spiro atoms. The van der Waals surface area contributed by atoms with Crippen LogP contribution in [0.25, 0.3) is 0 Å². The smallest absolute Gasteiger partial charge is 0.269 e. The fourth-order valence-electron chi connectivity index (χ4n) is 2.88. The normalized spacial score (nSPS) is 14.6. The van der Waals surface area contributed by atoms with E-state index in [1.54, 1.807) is 12.3 Å². The number of carbonyl (C=O) groups excluding carboxylic acids is 1. The third kappa shape index (κ3) is 5.67. The van der Waals surface area contributed by atoms with E-state index in [4.69, 9.17) is 4.74 Å². The van der Waals surface area contributed by atoms with E-state index in [2.05, 4.69) is 25.4 Å². The van der Waals surface area contributed by atoms with Gasteiger partial charge in [-0.25, -0.2) is 0 Å². The van der Waals surface area contributed by atoms with Crippen LogP contribution in [0.1, 0.15) is 10.5 Å². The molecular formula is C20H27N5O2. The Labute approximate surface area is 160 Å². The number of carbonyl (C=O) groups is 1.